The first-order valence-electron chi connectivity index (χ1n) is 14.0. The number of hydrogen-bond acceptors (Lipinski definition) is 6. The molecular formula is C33H30ClFN4O4. The van der Waals surface area contributed by atoms with Crippen LogP contribution in [0.1, 0.15) is 58.4 Å². The van der Waals surface area contributed by atoms with Crippen LogP contribution in [0.4, 0.5) is 10.1 Å². The molecule has 0 bridgehead atoms. The van der Waals surface area contributed by atoms with Crippen molar-refractivity contribution in [3.63, 3.8) is 0 Å². The topological polar surface area (TPSA) is 112 Å². The van der Waals surface area contributed by atoms with Crippen LogP contribution >= 0.6 is 11.6 Å². The average molecular weight is 601 g/mol. The van der Waals surface area contributed by atoms with Gasteiger partial charge in [0.25, 0.3) is 5.91 Å². The molecule has 10 heteroatoms. The Morgan fingerprint density at radius 1 is 1.12 bits per heavy atom. The lowest BCUT2D eigenvalue weighted by atomic mass is 9.90. The van der Waals surface area contributed by atoms with E-state index in [1.165, 1.54) is 30.0 Å². The van der Waals surface area contributed by atoms with Crippen molar-refractivity contribution in [3.05, 3.63) is 99.3 Å². The number of ketones is 1. The highest BCUT2D eigenvalue weighted by Gasteiger charge is 2.37. The number of carbonyl (C=O) groups is 3. The van der Waals surface area contributed by atoms with Gasteiger partial charge in [-0.2, -0.15) is 5.26 Å². The maximum atomic E-state index is 14.9. The third kappa shape index (κ3) is 6.61. The molecule has 0 aliphatic carbocycles. The van der Waals surface area contributed by atoms with Crippen molar-refractivity contribution in [2.24, 2.45) is 0 Å². The molecule has 3 aromatic rings. The fraction of sp³-hybridized carbons (Fsp3) is 0.273. The van der Waals surface area contributed by atoms with Crippen LogP contribution in [-0.2, 0) is 16.0 Å². The third-order valence-corrected chi connectivity index (χ3v) is 7.97. The third-order valence-electron chi connectivity index (χ3n) is 7.68. The van der Waals surface area contributed by atoms with Gasteiger partial charge in [-0.1, -0.05) is 23.7 Å². The van der Waals surface area contributed by atoms with Crippen molar-refractivity contribution >= 4 is 41.0 Å². The molecule has 0 radical (unpaired) electrons. The van der Waals surface area contributed by atoms with Gasteiger partial charge in [-0.05, 0) is 93.4 Å². The molecule has 0 saturated carbocycles. The van der Waals surface area contributed by atoms with Gasteiger partial charge < -0.3 is 20.3 Å². The van der Waals surface area contributed by atoms with Crippen LogP contribution in [0.2, 0.25) is 5.02 Å². The predicted molar refractivity (Wildman–Crippen MR) is 161 cm³/mol. The molecule has 2 heterocycles. The van der Waals surface area contributed by atoms with E-state index in [1.807, 2.05) is 18.2 Å². The summed E-state index contributed by atoms with van der Waals surface area (Å²) in [4.78, 5) is 41.0. The predicted octanol–water partition coefficient (Wildman–Crippen LogP) is 5.46. The van der Waals surface area contributed by atoms with Crippen LogP contribution in [0.5, 0.6) is 5.75 Å². The van der Waals surface area contributed by atoms with Crippen molar-refractivity contribution in [2.45, 2.75) is 38.3 Å². The summed E-state index contributed by atoms with van der Waals surface area (Å²) in [5.41, 5.74) is 2.39. The summed E-state index contributed by atoms with van der Waals surface area (Å²) >= 11 is 5.95. The highest BCUT2D eigenvalue weighted by Crippen LogP contribution is 2.37. The van der Waals surface area contributed by atoms with Gasteiger partial charge >= 0.3 is 0 Å². The maximum absolute atomic E-state index is 14.9. The zero-order valence-electron chi connectivity index (χ0n) is 23.5. The van der Waals surface area contributed by atoms with Crippen LogP contribution in [0, 0.1) is 17.1 Å². The smallest absolute Gasteiger partial charge is 0.251 e. The Bertz CT molecular complexity index is 1630. The second kappa shape index (κ2) is 13.2. The Morgan fingerprint density at radius 2 is 1.86 bits per heavy atom. The summed E-state index contributed by atoms with van der Waals surface area (Å²) < 4.78 is 21.3. The largest absolute Gasteiger partial charge is 0.490 e. The fourth-order valence-electron chi connectivity index (χ4n) is 5.48. The van der Waals surface area contributed by atoms with Crippen LogP contribution in [-0.4, -0.2) is 48.2 Å². The van der Waals surface area contributed by atoms with Gasteiger partial charge in [-0.3, -0.25) is 14.4 Å². The number of rotatable bonds is 7. The van der Waals surface area contributed by atoms with Gasteiger partial charge in [0.2, 0.25) is 5.91 Å². The van der Waals surface area contributed by atoms with E-state index in [-0.39, 0.29) is 34.6 Å². The number of amides is 2. The summed E-state index contributed by atoms with van der Waals surface area (Å²) in [6.45, 7) is 3.23. The number of fused-ring (bicyclic) bond motifs is 1. The monoisotopic (exact) mass is 600 g/mol. The quantitative estimate of drug-likeness (QED) is 0.275. The van der Waals surface area contributed by atoms with Gasteiger partial charge in [0.15, 0.2) is 5.78 Å². The van der Waals surface area contributed by atoms with Crippen LogP contribution in [0.3, 0.4) is 0 Å². The van der Waals surface area contributed by atoms with Gasteiger partial charge in [-0.15, -0.1) is 0 Å². The highest BCUT2D eigenvalue weighted by atomic mass is 35.5. The summed E-state index contributed by atoms with van der Waals surface area (Å²) in [6.07, 6.45) is 4.60. The zero-order valence-corrected chi connectivity index (χ0v) is 24.3. The molecule has 2 N–H and O–H groups in total. The Kier molecular flexibility index (Phi) is 9.19. The number of hydrogen-bond donors (Lipinski definition) is 2. The molecule has 220 valence electrons. The zero-order chi connectivity index (χ0) is 30.5. The van der Waals surface area contributed by atoms with Crippen LogP contribution in [0.25, 0.3) is 6.08 Å². The average Bonchev–Trinajstić information content (AvgIpc) is 3.01. The van der Waals surface area contributed by atoms with Crippen LogP contribution in [0.15, 0.2) is 60.7 Å². The molecular weight excluding hydrogens is 571 g/mol. The first-order chi connectivity index (χ1) is 20.8. The molecule has 1 unspecified atom stereocenters. The number of nitriles is 1. The van der Waals surface area contributed by atoms with Gasteiger partial charge in [0.1, 0.15) is 23.7 Å². The number of Topliss-reactive ketones (excluding diaryl/α,β-unsaturated/α-hetero) is 1. The SMILES string of the molecule is CC(=O)c1ccc(Cl)c(F)c1/C=C/C(=O)N1CCc2c(OC3CCNCC3)cccc2C1C(=O)Nc1ccc(C#N)cc1. The molecule has 1 saturated heterocycles. The Hall–Kier alpha value is -4.52. The summed E-state index contributed by atoms with van der Waals surface area (Å²) in [5.74, 6) is -1.49. The summed E-state index contributed by atoms with van der Waals surface area (Å²) in [7, 11) is 0. The first kappa shape index (κ1) is 30.0. The maximum Gasteiger partial charge on any atom is 0.251 e. The van der Waals surface area contributed by atoms with Gasteiger partial charge in [0.05, 0.1) is 16.7 Å². The number of piperidine rings is 1. The van der Waals surface area contributed by atoms with Crippen molar-refractivity contribution in [1.82, 2.24) is 10.2 Å². The number of carbonyl (C=O) groups excluding carboxylic acids is 3. The molecule has 0 aromatic heterocycles. The molecule has 1 fully saturated rings. The van der Waals surface area contributed by atoms with Crippen molar-refractivity contribution in [2.75, 3.05) is 25.0 Å². The standard InChI is InChI=1S/C33H30ClFN4O4/c1-20(40)24-9-11-28(34)31(35)26(24)10-12-30(41)39-18-15-25-27(3-2-4-29(25)43-23-13-16-37-17-14-23)32(39)33(42)38-22-7-5-21(19-36)6-8-22/h2-12,23,32,37H,13-18H2,1H3,(H,38,42)/b12-10+. The van der Waals surface area contributed by atoms with E-state index >= 15 is 0 Å². The van der Waals surface area contributed by atoms with Crippen molar-refractivity contribution in [3.8, 4) is 11.8 Å². The lowest BCUT2D eigenvalue weighted by molar-refractivity contribution is -0.135. The molecule has 2 aliphatic heterocycles. The Balaban J connectivity index is 1.49. The van der Waals surface area contributed by atoms with Gasteiger partial charge in [0, 0.05) is 35.0 Å². The molecule has 2 amide bonds. The van der Waals surface area contributed by atoms with E-state index in [9.17, 15) is 18.8 Å². The number of anilines is 1. The second-order valence-corrected chi connectivity index (χ2v) is 10.9. The Morgan fingerprint density at radius 3 is 2.56 bits per heavy atom. The lowest BCUT2D eigenvalue weighted by Crippen LogP contribution is -2.45. The number of nitrogens with one attached hydrogen (secondary N) is 2. The van der Waals surface area contributed by atoms with Crippen LogP contribution < -0.4 is 15.4 Å². The minimum atomic E-state index is -1.02. The first-order valence-corrected chi connectivity index (χ1v) is 14.4. The highest BCUT2D eigenvalue weighted by molar-refractivity contribution is 6.31. The number of halogens is 2. The van der Waals surface area contributed by atoms with E-state index in [4.69, 9.17) is 21.6 Å². The number of nitrogens with zero attached hydrogens (tertiary/aromatic N) is 2. The molecule has 8 nitrogen and oxygen atoms in total. The van der Waals surface area contributed by atoms with E-state index in [2.05, 4.69) is 10.6 Å². The van der Waals surface area contributed by atoms with E-state index in [0.29, 0.717) is 29.0 Å². The lowest BCUT2D eigenvalue weighted by Gasteiger charge is -2.37. The molecule has 5 rings (SSSR count). The molecule has 2 aliphatic rings. The fourth-order valence-corrected chi connectivity index (χ4v) is 5.65. The molecule has 1 atom stereocenters. The Labute approximate surface area is 254 Å². The number of ether oxygens (including phenoxy) is 1. The van der Waals surface area contributed by atoms with E-state index in [1.54, 1.807) is 30.3 Å². The number of benzene rings is 3. The van der Waals surface area contributed by atoms with Crippen molar-refractivity contribution in [1.29, 1.82) is 5.26 Å². The minimum Gasteiger partial charge on any atom is -0.490 e. The second-order valence-electron chi connectivity index (χ2n) is 10.5. The van der Waals surface area contributed by atoms with Gasteiger partial charge in [-0.25, -0.2) is 4.39 Å². The molecule has 0 spiro atoms. The normalized spacial score (nSPS) is 16.8. The molecule has 3 aromatic carbocycles. The summed E-state index contributed by atoms with van der Waals surface area (Å²) in [5, 5.41) is 15.1. The summed E-state index contributed by atoms with van der Waals surface area (Å²) in [6, 6.07) is 15.6. The van der Waals surface area contributed by atoms with Crippen molar-refractivity contribution < 1.29 is 23.5 Å². The molecule has 43 heavy (non-hydrogen) atoms. The van der Waals surface area contributed by atoms with E-state index < -0.39 is 23.7 Å². The minimum absolute atomic E-state index is 0.0457. The van der Waals surface area contributed by atoms with E-state index in [0.717, 1.165) is 37.6 Å².